The first-order chi connectivity index (χ1) is 11.5. The van der Waals surface area contributed by atoms with Crippen LogP contribution in [0.1, 0.15) is 15.9 Å². The standard InChI is InChI=1S/C17H18Cl2N4O/c1-11-8-13(18)14(19)9-15(11)22-17(24)12-2-3-16(21-10-12)23-6-4-20-5-7-23/h2-3,8-10,20H,4-7H2,1H3,(H,22,24). The number of carbonyl (C=O) groups excluding carboxylic acids is 1. The number of aryl methyl sites for hydroxylation is 1. The molecular formula is C17H18Cl2N4O. The van der Waals surface area contributed by atoms with Crippen molar-refractivity contribution in [2.45, 2.75) is 6.92 Å². The summed E-state index contributed by atoms with van der Waals surface area (Å²) >= 11 is 12.0. The van der Waals surface area contributed by atoms with Crippen LogP contribution in [0.3, 0.4) is 0 Å². The van der Waals surface area contributed by atoms with E-state index in [4.69, 9.17) is 23.2 Å². The summed E-state index contributed by atoms with van der Waals surface area (Å²) in [5, 5.41) is 7.02. The van der Waals surface area contributed by atoms with Crippen LogP contribution in [0.25, 0.3) is 0 Å². The van der Waals surface area contributed by atoms with Crippen LogP contribution in [0, 0.1) is 6.92 Å². The number of piperazine rings is 1. The van der Waals surface area contributed by atoms with Gasteiger partial charge < -0.3 is 15.5 Å². The van der Waals surface area contributed by atoms with Gasteiger partial charge in [0.05, 0.1) is 15.6 Å². The molecule has 1 aromatic heterocycles. The molecule has 0 spiro atoms. The Kier molecular flexibility index (Phi) is 5.23. The zero-order valence-corrected chi connectivity index (χ0v) is 14.8. The Morgan fingerprint density at radius 3 is 2.58 bits per heavy atom. The summed E-state index contributed by atoms with van der Waals surface area (Å²) in [5.41, 5.74) is 1.99. The van der Waals surface area contributed by atoms with Crippen LogP contribution in [-0.4, -0.2) is 37.1 Å². The predicted octanol–water partition coefficient (Wildman–Crippen LogP) is 3.36. The molecule has 1 fully saturated rings. The van der Waals surface area contributed by atoms with E-state index in [1.165, 1.54) is 0 Å². The van der Waals surface area contributed by atoms with Gasteiger partial charge in [-0.3, -0.25) is 4.79 Å². The van der Waals surface area contributed by atoms with Crippen molar-refractivity contribution in [2.75, 3.05) is 36.4 Å². The number of halogens is 2. The first-order valence-corrected chi connectivity index (χ1v) is 8.49. The van der Waals surface area contributed by atoms with E-state index >= 15 is 0 Å². The summed E-state index contributed by atoms with van der Waals surface area (Å²) in [7, 11) is 0. The molecule has 0 radical (unpaired) electrons. The van der Waals surface area contributed by atoms with Crippen LogP contribution < -0.4 is 15.5 Å². The van der Waals surface area contributed by atoms with Crippen molar-refractivity contribution in [1.82, 2.24) is 10.3 Å². The highest BCUT2D eigenvalue weighted by molar-refractivity contribution is 6.42. The van der Waals surface area contributed by atoms with Gasteiger partial charge in [0.15, 0.2) is 0 Å². The molecule has 2 N–H and O–H groups in total. The maximum absolute atomic E-state index is 12.4. The second-order valence-electron chi connectivity index (χ2n) is 5.68. The number of aromatic nitrogens is 1. The van der Waals surface area contributed by atoms with Crippen LogP contribution in [0.15, 0.2) is 30.5 Å². The van der Waals surface area contributed by atoms with Gasteiger partial charge in [-0.05, 0) is 36.8 Å². The van der Waals surface area contributed by atoms with E-state index in [1.54, 1.807) is 24.4 Å². The second-order valence-corrected chi connectivity index (χ2v) is 6.49. The topological polar surface area (TPSA) is 57.3 Å². The third kappa shape index (κ3) is 3.80. The number of anilines is 2. The first kappa shape index (κ1) is 17.0. The van der Waals surface area contributed by atoms with Crippen molar-refractivity contribution in [3.8, 4) is 0 Å². The smallest absolute Gasteiger partial charge is 0.257 e. The fourth-order valence-corrected chi connectivity index (χ4v) is 2.96. The Labute approximate surface area is 151 Å². The van der Waals surface area contributed by atoms with E-state index < -0.39 is 0 Å². The fourth-order valence-electron chi connectivity index (χ4n) is 2.58. The number of hydrogen-bond acceptors (Lipinski definition) is 4. The minimum atomic E-state index is -0.226. The second kappa shape index (κ2) is 7.38. The third-order valence-corrected chi connectivity index (χ3v) is 4.69. The summed E-state index contributed by atoms with van der Waals surface area (Å²) < 4.78 is 0. The number of pyridine rings is 1. The van der Waals surface area contributed by atoms with Gasteiger partial charge >= 0.3 is 0 Å². The molecule has 3 rings (SSSR count). The SMILES string of the molecule is Cc1cc(Cl)c(Cl)cc1NC(=O)c1ccc(N2CCNCC2)nc1. The van der Waals surface area contributed by atoms with Gasteiger partial charge in [-0.1, -0.05) is 23.2 Å². The van der Waals surface area contributed by atoms with E-state index in [2.05, 4.69) is 20.5 Å². The maximum Gasteiger partial charge on any atom is 0.257 e. The molecule has 126 valence electrons. The Bertz CT molecular complexity index is 743. The number of amides is 1. The average Bonchev–Trinajstić information content (AvgIpc) is 2.60. The lowest BCUT2D eigenvalue weighted by Gasteiger charge is -2.28. The molecule has 1 saturated heterocycles. The van der Waals surface area contributed by atoms with Crippen molar-refractivity contribution in [2.24, 2.45) is 0 Å². The van der Waals surface area contributed by atoms with Crippen LogP contribution in [0.2, 0.25) is 10.0 Å². The van der Waals surface area contributed by atoms with Gasteiger partial charge in [-0.15, -0.1) is 0 Å². The van der Waals surface area contributed by atoms with Crippen molar-refractivity contribution >= 4 is 40.6 Å². The predicted molar refractivity (Wildman–Crippen MR) is 98.5 cm³/mol. The van der Waals surface area contributed by atoms with Crippen molar-refractivity contribution in [3.05, 3.63) is 51.6 Å². The van der Waals surface area contributed by atoms with E-state index in [1.807, 2.05) is 13.0 Å². The highest BCUT2D eigenvalue weighted by Crippen LogP contribution is 2.28. The number of nitrogens with zero attached hydrogens (tertiary/aromatic N) is 2. The highest BCUT2D eigenvalue weighted by atomic mass is 35.5. The van der Waals surface area contributed by atoms with Crippen molar-refractivity contribution < 1.29 is 4.79 Å². The van der Waals surface area contributed by atoms with Gasteiger partial charge in [-0.25, -0.2) is 4.98 Å². The largest absolute Gasteiger partial charge is 0.354 e. The normalized spacial score (nSPS) is 14.5. The zero-order valence-electron chi connectivity index (χ0n) is 13.3. The molecule has 7 heteroatoms. The third-order valence-electron chi connectivity index (χ3n) is 3.97. The monoisotopic (exact) mass is 364 g/mol. The fraction of sp³-hybridized carbons (Fsp3) is 0.294. The lowest BCUT2D eigenvalue weighted by molar-refractivity contribution is 0.102. The molecule has 0 bridgehead atoms. The number of carbonyl (C=O) groups is 1. The molecule has 1 amide bonds. The highest BCUT2D eigenvalue weighted by Gasteiger charge is 2.14. The van der Waals surface area contributed by atoms with Gasteiger partial charge in [0, 0.05) is 38.1 Å². The van der Waals surface area contributed by atoms with Crippen LogP contribution >= 0.6 is 23.2 Å². The number of benzene rings is 1. The van der Waals surface area contributed by atoms with E-state index in [-0.39, 0.29) is 5.91 Å². The quantitative estimate of drug-likeness (QED) is 0.876. The van der Waals surface area contributed by atoms with Crippen LogP contribution in [-0.2, 0) is 0 Å². The lowest BCUT2D eigenvalue weighted by Crippen LogP contribution is -2.43. The minimum absolute atomic E-state index is 0.226. The van der Waals surface area contributed by atoms with Crippen LogP contribution in [0.4, 0.5) is 11.5 Å². The number of rotatable bonds is 3. The average molecular weight is 365 g/mol. The minimum Gasteiger partial charge on any atom is -0.354 e. The molecule has 2 aromatic rings. The summed E-state index contributed by atoms with van der Waals surface area (Å²) in [6, 6.07) is 7.04. The summed E-state index contributed by atoms with van der Waals surface area (Å²) in [5.74, 6) is 0.662. The molecular weight excluding hydrogens is 347 g/mol. The molecule has 1 aromatic carbocycles. The summed E-state index contributed by atoms with van der Waals surface area (Å²) in [4.78, 5) is 19.0. The summed E-state index contributed by atoms with van der Waals surface area (Å²) in [6.45, 7) is 5.59. The molecule has 0 saturated carbocycles. The van der Waals surface area contributed by atoms with Gasteiger partial charge in [0.1, 0.15) is 5.82 Å². The Hall–Kier alpha value is -1.82. The molecule has 2 heterocycles. The molecule has 5 nitrogen and oxygen atoms in total. The lowest BCUT2D eigenvalue weighted by atomic mass is 10.2. The molecule has 24 heavy (non-hydrogen) atoms. The van der Waals surface area contributed by atoms with Crippen LogP contribution in [0.5, 0.6) is 0 Å². The first-order valence-electron chi connectivity index (χ1n) is 7.73. The Morgan fingerprint density at radius 1 is 1.21 bits per heavy atom. The zero-order chi connectivity index (χ0) is 17.1. The number of nitrogens with one attached hydrogen (secondary N) is 2. The van der Waals surface area contributed by atoms with E-state index in [0.29, 0.717) is 21.3 Å². The molecule has 1 aliphatic heterocycles. The Balaban J connectivity index is 1.72. The number of hydrogen-bond donors (Lipinski definition) is 2. The van der Waals surface area contributed by atoms with Gasteiger partial charge in [0.25, 0.3) is 5.91 Å². The summed E-state index contributed by atoms with van der Waals surface area (Å²) in [6.07, 6.45) is 1.60. The van der Waals surface area contributed by atoms with Crippen molar-refractivity contribution in [1.29, 1.82) is 0 Å². The van der Waals surface area contributed by atoms with Gasteiger partial charge in [-0.2, -0.15) is 0 Å². The molecule has 1 aliphatic rings. The molecule has 0 aliphatic carbocycles. The Morgan fingerprint density at radius 2 is 1.92 bits per heavy atom. The maximum atomic E-state index is 12.4. The van der Waals surface area contributed by atoms with E-state index in [0.717, 1.165) is 37.6 Å². The van der Waals surface area contributed by atoms with Crippen molar-refractivity contribution in [3.63, 3.8) is 0 Å². The molecule has 0 unspecified atom stereocenters. The van der Waals surface area contributed by atoms with Gasteiger partial charge in [0.2, 0.25) is 0 Å². The van der Waals surface area contributed by atoms with E-state index in [9.17, 15) is 4.79 Å². The molecule has 0 atom stereocenters.